The summed E-state index contributed by atoms with van der Waals surface area (Å²) in [7, 11) is 1.65. The van der Waals surface area contributed by atoms with Gasteiger partial charge in [0, 0.05) is 36.5 Å². The van der Waals surface area contributed by atoms with Gasteiger partial charge in [0.25, 0.3) is 5.69 Å². The largest absolute Gasteiger partial charge is 0.385 e. The molecule has 0 unspecified atom stereocenters. The van der Waals surface area contributed by atoms with Gasteiger partial charge in [-0.25, -0.2) is 0 Å². The molecule has 0 aliphatic heterocycles. The second-order valence-electron chi connectivity index (χ2n) is 3.31. The van der Waals surface area contributed by atoms with Crippen LogP contribution >= 0.6 is 11.8 Å². The maximum Gasteiger partial charge on any atom is 0.272 e. The Morgan fingerprint density at radius 2 is 2.29 bits per heavy atom. The lowest BCUT2D eigenvalue weighted by atomic mass is 10.3. The number of methoxy groups -OCH3 is 1. The highest BCUT2D eigenvalue weighted by atomic mass is 32.2. The molecule has 94 valence electrons. The van der Waals surface area contributed by atoms with Crippen LogP contribution in [0, 0.1) is 10.1 Å². The molecule has 0 heterocycles. The molecule has 1 aromatic carbocycles. The zero-order valence-corrected chi connectivity index (χ0v) is 10.3. The molecule has 3 N–H and O–H groups in total. The van der Waals surface area contributed by atoms with E-state index < -0.39 is 4.92 Å². The first-order valence-corrected chi connectivity index (χ1v) is 6.03. The van der Waals surface area contributed by atoms with Crippen molar-refractivity contribution in [3.05, 3.63) is 28.3 Å². The van der Waals surface area contributed by atoms with Gasteiger partial charge in [0.2, 0.25) is 0 Å². The van der Waals surface area contributed by atoms with Crippen LogP contribution in [0.1, 0.15) is 6.42 Å². The fourth-order valence-electron chi connectivity index (χ4n) is 1.25. The van der Waals surface area contributed by atoms with E-state index in [1.807, 2.05) is 0 Å². The van der Waals surface area contributed by atoms with Crippen molar-refractivity contribution in [3.63, 3.8) is 0 Å². The van der Waals surface area contributed by atoms with Crippen LogP contribution in [0.2, 0.25) is 0 Å². The summed E-state index contributed by atoms with van der Waals surface area (Å²) in [5, 5.41) is 10.7. The Hall–Kier alpha value is -1.31. The average Bonchev–Trinajstić information content (AvgIpc) is 2.34. The molecule has 1 aromatic rings. The van der Waals surface area contributed by atoms with E-state index >= 15 is 0 Å². The van der Waals surface area contributed by atoms with E-state index in [0.717, 1.165) is 17.1 Å². The summed E-state index contributed by atoms with van der Waals surface area (Å²) in [6, 6.07) is 4.72. The minimum Gasteiger partial charge on any atom is -0.385 e. The van der Waals surface area contributed by atoms with Crippen LogP contribution in [0.5, 0.6) is 0 Å². The van der Waals surface area contributed by atoms with Gasteiger partial charge in [0.15, 0.2) is 0 Å². The molecule has 0 amide bonds. The predicted octanol–water partition coefficient (Wildman–Crippen LogP) is 2.01. The van der Waals surface area contributed by atoms with Gasteiger partial charge in [0.1, 0.15) is 0 Å². The van der Waals surface area contributed by atoms with Crippen molar-refractivity contribution in [1.82, 2.24) is 0 Å². The zero-order valence-electron chi connectivity index (χ0n) is 9.51. The summed E-state index contributed by atoms with van der Waals surface area (Å²) in [6.45, 7) is 0.684. The molecular formula is C10H15N3O3S. The van der Waals surface area contributed by atoms with Gasteiger partial charge in [-0.15, -0.1) is 11.8 Å². The van der Waals surface area contributed by atoms with E-state index in [1.54, 1.807) is 24.9 Å². The lowest BCUT2D eigenvalue weighted by Gasteiger charge is -2.05. The van der Waals surface area contributed by atoms with Crippen molar-refractivity contribution >= 4 is 23.1 Å². The van der Waals surface area contributed by atoms with E-state index in [9.17, 15) is 10.1 Å². The molecule has 0 radical (unpaired) electrons. The van der Waals surface area contributed by atoms with Gasteiger partial charge in [-0.05, 0) is 12.5 Å². The zero-order chi connectivity index (χ0) is 12.7. The number of benzene rings is 1. The van der Waals surface area contributed by atoms with Crippen LogP contribution in [0.15, 0.2) is 23.1 Å². The quantitative estimate of drug-likeness (QED) is 0.255. The molecule has 1 rings (SSSR count). The second kappa shape index (κ2) is 7.10. The highest BCUT2D eigenvalue weighted by Gasteiger charge is 2.09. The fraction of sp³-hybridized carbons (Fsp3) is 0.400. The number of thioether (sulfide) groups is 1. The Bertz CT molecular complexity index is 387. The third-order valence-electron chi connectivity index (χ3n) is 2.03. The fourth-order valence-corrected chi connectivity index (χ4v) is 2.16. The Morgan fingerprint density at radius 1 is 1.53 bits per heavy atom. The van der Waals surface area contributed by atoms with Crippen LogP contribution in [0.3, 0.4) is 0 Å². The lowest BCUT2D eigenvalue weighted by Crippen LogP contribution is -2.07. The molecule has 0 fully saturated rings. The van der Waals surface area contributed by atoms with Crippen molar-refractivity contribution in [1.29, 1.82) is 0 Å². The standard InChI is InChI=1S/C10H15N3O3S/c1-16-3-2-4-17-10-6-8(12-11)5-9(7-10)13(14)15/h5-7,12H,2-4,11H2,1H3. The Kier molecular flexibility index (Phi) is 5.75. The normalized spacial score (nSPS) is 10.2. The third kappa shape index (κ3) is 4.59. The average molecular weight is 257 g/mol. The molecule has 0 atom stereocenters. The molecule has 0 bridgehead atoms. The lowest BCUT2D eigenvalue weighted by molar-refractivity contribution is -0.385. The van der Waals surface area contributed by atoms with Gasteiger partial charge >= 0.3 is 0 Å². The van der Waals surface area contributed by atoms with Gasteiger partial charge in [0.05, 0.1) is 10.6 Å². The monoisotopic (exact) mass is 257 g/mol. The number of rotatable bonds is 7. The first-order valence-electron chi connectivity index (χ1n) is 5.05. The van der Waals surface area contributed by atoms with Crippen LogP contribution < -0.4 is 11.3 Å². The number of nitrogens with two attached hydrogens (primary N) is 1. The van der Waals surface area contributed by atoms with Gasteiger partial charge < -0.3 is 10.2 Å². The summed E-state index contributed by atoms with van der Waals surface area (Å²) in [4.78, 5) is 11.1. The van der Waals surface area contributed by atoms with E-state index in [-0.39, 0.29) is 5.69 Å². The molecule has 0 aliphatic rings. The molecule has 17 heavy (non-hydrogen) atoms. The predicted molar refractivity (Wildman–Crippen MR) is 68.1 cm³/mol. The number of nitro benzene ring substituents is 1. The van der Waals surface area contributed by atoms with Crippen LogP contribution in [-0.2, 0) is 4.74 Å². The van der Waals surface area contributed by atoms with Crippen LogP contribution in [-0.4, -0.2) is 24.4 Å². The van der Waals surface area contributed by atoms with E-state index in [0.29, 0.717) is 12.3 Å². The highest BCUT2D eigenvalue weighted by molar-refractivity contribution is 7.99. The van der Waals surface area contributed by atoms with Gasteiger partial charge in [-0.1, -0.05) is 0 Å². The maximum atomic E-state index is 10.7. The molecular weight excluding hydrogens is 242 g/mol. The van der Waals surface area contributed by atoms with Crippen molar-refractivity contribution in [2.75, 3.05) is 24.9 Å². The number of nitrogens with zero attached hydrogens (tertiary/aromatic N) is 1. The number of nitrogens with one attached hydrogen (secondary N) is 1. The summed E-state index contributed by atoms with van der Waals surface area (Å²) in [6.07, 6.45) is 0.898. The number of nitro groups is 1. The number of hydrogen-bond donors (Lipinski definition) is 2. The SMILES string of the molecule is COCCCSc1cc(NN)cc([N+](=O)[O-])c1. The Balaban J connectivity index is 2.70. The Morgan fingerprint density at radius 3 is 2.88 bits per heavy atom. The van der Waals surface area contributed by atoms with Gasteiger partial charge in [-0.2, -0.15) is 0 Å². The smallest absolute Gasteiger partial charge is 0.272 e. The van der Waals surface area contributed by atoms with E-state index in [1.165, 1.54) is 12.1 Å². The molecule has 0 saturated heterocycles. The first-order chi connectivity index (χ1) is 8.17. The molecule has 0 aliphatic carbocycles. The Labute approximate surface area is 104 Å². The first kappa shape index (κ1) is 13.8. The van der Waals surface area contributed by atoms with Crippen molar-refractivity contribution in [2.45, 2.75) is 11.3 Å². The summed E-state index contributed by atoms with van der Waals surface area (Å²) in [5.74, 6) is 6.11. The third-order valence-corrected chi connectivity index (χ3v) is 3.09. The molecule has 0 aromatic heterocycles. The van der Waals surface area contributed by atoms with Crippen molar-refractivity contribution < 1.29 is 9.66 Å². The van der Waals surface area contributed by atoms with E-state index in [4.69, 9.17) is 10.6 Å². The maximum absolute atomic E-state index is 10.7. The van der Waals surface area contributed by atoms with Crippen molar-refractivity contribution in [2.24, 2.45) is 5.84 Å². The van der Waals surface area contributed by atoms with Crippen LogP contribution in [0.4, 0.5) is 11.4 Å². The summed E-state index contributed by atoms with van der Waals surface area (Å²) in [5.41, 5.74) is 2.99. The molecule has 6 nitrogen and oxygen atoms in total. The minimum atomic E-state index is -0.431. The number of nitrogen functional groups attached to an aromatic ring is 1. The second-order valence-corrected chi connectivity index (χ2v) is 4.48. The summed E-state index contributed by atoms with van der Waals surface area (Å²) >= 11 is 1.54. The number of ether oxygens (including phenoxy) is 1. The van der Waals surface area contributed by atoms with Crippen molar-refractivity contribution in [3.8, 4) is 0 Å². The van der Waals surface area contributed by atoms with Crippen LogP contribution in [0.25, 0.3) is 0 Å². The number of hydrogen-bond acceptors (Lipinski definition) is 6. The van der Waals surface area contributed by atoms with E-state index in [2.05, 4.69) is 5.43 Å². The number of anilines is 1. The minimum absolute atomic E-state index is 0.0368. The topological polar surface area (TPSA) is 90.4 Å². The number of hydrazine groups is 1. The number of non-ortho nitro benzene ring substituents is 1. The summed E-state index contributed by atoms with van der Waals surface area (Å²) < 4.78 is 4.93. The molecule has 0 spiro atoms. The molecule has 7 heteroatoms. The highest BCUT2D eigenvalue weighted by Crippen LogP contribution is 2.27. The van der Waals surface area contributed by atoms with Gasteiger partial charge in [-0.3, -0.25) is 16.0 Å². The molecule has 0 saturated carbocycles.